The number of hydrogen-bond acceptors (Lipinski definition) is 1. The minimum atomic E-state index is -4.30. The summed E-state index contributed by atoms with van der Waals surface area (Å²) in [5.41, 5.74) is 1.89. The summed E-state index contributed by atoms with van der Waals surface area (Å²) in [5, 5.41) is 0.919. The molecule has 124 valence electrons. The van der Waals surface area contributed by atoms with Crippen molar-refractivity contribution in [2.45, 2.75) is 25.6 Å². The lowest BCUT2D eigenvalue weighted by atomic mass is 10.1. The summed E-state index contributed by atoms with van der Waals surface area (Å²) in [6, 6.07) is 13.0. The highest BCUT2D eigenvalue weighted by Gasteiger charge is 2.29. The predicted molar refractivity (Wildman–Crippen MR) is 87.1 cm³/mol. The second-order valence-corrected chi connectivity index (χ2v) is 5.71. The smallest absolute Gasteiger partial charge is 0.347 e. The van der Waals surface area contributed by atoms with Crippen molar-refractivity contribution in [1.29, 1.82) is 0 Å². The number of halogens is 3. The first-order valence-corrected chi connectivity index (χ1v) is 7.68. The molecule has 0 aliphatic rings. The number of carbonyl (C=O) groups is 1. The van der Waals surface area contributed by atoms with Gasteiger partial charge in [-0.25, -0.2) is 0 Å². The molecule has 0 bridgehead atoms. The molecule has 0 saturated heterocycles. The van der Waals surface area contributed by atoms with Gasteiger partial charge in [0.2, 0.25) is 0 Å². The molecular weight excluding hydrogens is 315 g/mol. The fourth-order valence-electron chi connectivity index (χ4n) is 2.87. The molecule has 0 fully saturated rings. The molecule has 0 atom stereocenters. The highest BCUT2D eigenvalue weighted by Crippen LogP contribution is 2.29. The molecular formula is C19H16F3NO. The topological polar surface area (TPSA) is 22.0 Å². The van der Waals surface area contributed by atoms with E-state index in [4.69, 9.17) is 0 Å². The molecule has 3 rings (SSSR count). The van der Waals surface area contributed by atoms with Gasteiger partial charge in [-0.2, -0.15) is 13.2 Å². The molecule has 2 nitrogen and oxygen atoms in total. The van der Waals surface area contributed by atoms with E-state index in [0.29, 0.717) is 18.5 Å². The molecule has 0 saturated carbocycles. The molecule has 0 aliphatic heterocycles. The van der Waals surface area contributed by atoms with Gasteiger partial charge < -0.3 is 4.57 Å². The Bertz CT molecular complexity index is 847. The average Bonchev–Trinajstić information content (AvgIpc) is 2.93. The number of aromatic nitrogens is 1. The van der Waals surface area contributed by atoms with Gasteiger partial charge in [-0.1, -0.05) is 30.3 Å². The summed E-state index contributed by atoms with van der Waals surface area (Å²) in [7, 11) is 0. The van der Waals surface area contributed by atoms with E-state index in [1.165, 1.54) is 12.1 Å². The molecule has 5 heteroatoms. The molecule has 0 radical (unpaired) electrons. The van der Waals surface area contributed by atoms with Crippen LogP contribution in [0.5, 0.6) is 0 Å². The van der Waals surface area contributed by atoms with Gasteiger partial charge in [-0.3, -0.25) is 4.79 Å². The van der Waals surface area contributed by atoms with Gasteiger partial charge in [0.05, 0.1) is 5.56 Å². The Kier molecular flexibility index (Phi) is 4.42. The molecule has 0 unspecified atom stereocenters. The largest absolute Gasteiger partial charge is 0.416 e. The number of carbonyl (C=O) groups excluding carboxylic acids is 1. The maximum absolute atomic E-state index is 12.5. The molecule has 1 heterocycles. The standard InChI is InChI=1S/C19H16F3NO/c20-19(21,22)16-9-7-14(8-10-16)4-3-11-23-12-15(13-24)17-5-1-2-6-18(17)23/h1-2,5-10,12-13H,3-4,11H2. The summed E-state index contributed by atoms with van der Waals surface area (Å²) >= 11 is 0. The van der Waals surface area contributed by atoms with Crippen LogP contribution in [-0.4, -0.2) is 10.9 Å². The molecule has 1 aromatic heterocycles. The van der Waals surface area contributed by atoms with Crippen LogP contribution in [0.25, 0.3) is 10.9 Å². The zero-order chi connectivity index (χ0) is 17.2. The highest BCUT2D eigenvalue weighted by molar-refractivity contribution is 5.97. The van der Waals surface area contributed by atoms with E-state index >= 15 is 0 Å². The summed E-state index contributed by atoms with van der Waals surface area (Å²) in [6.45, 7) is 0.704. The van der Waals surface area contributed by atoms with Gasteiger partial charge >= 0.3 is 6.18 Å². The summed E-state index contributed by atoms with van der Waals surface area (Å²) < 4.78 is 39.7. The molecule has 0 N–H and O–H groups in total. The predicted octanol–water partition coefficient (Wildman–Crippen LogP) is 5.11. The van der Waals surface area contributed by atoms with Crippen molar-refractivity contribution < 1.29 is 18.0 Å². The van der Waals surface area contributed by atoms with Crippen molar-refractivity contribution in [3.8, 4) is 0 Å². The van der Waals surface area contributed by atoms with Crippen LogP contribution in [-0.2, 0) is 19.1 Å². The minimum Gasteiger partial charge on any atom is -0.347 e. The van der Waals surface area contributed by atoms with Crippen molar-refractivity contribution in [2.75, 3.05) is 0 Å². The van der Waals surface area contributed by atoms with Crippen LogP contribution < -0.4 is 0 Å². The molecule has 0 amide bonds. The van der Waals surface area contributed by atoms with E-state index in [1.54, 1.807) is 0 Å². The lowest BCUT2D eigenvalue weighted by Crippen LogP contribution is -2.04. The summed E-state index contributed by atoms with van der Waals surface area (Å²) in [4.78, 5) is 11.1. The van der Waals surface area contributed by atoms with Gasteiger partial charge in [-0.15, -0.1) is 0 Å². The SMILES string of the molecule is O=Cc1cn(CCCc2ccc(C(F)(F)F)cc2)c2ccccc12. The third-order valence-corrected chi connectivity index (χ3v) is 4.09. The Hall–Kier alpha value is -2.56. The van der Waals surface area contributed by atoms with Crippen molar-refractivity contribution in [1.82, 2.24) is 4.57 Å². The van der Waals surface area contributed by atoms with Gasteiger partial charge in [0.1, 0.15) is 0 Å². The third-order valence-electron chi connectivity index (χ3n) is 4.09. The van der Waals surface area contributed by atoms with Crippen molar-refractivity contribution in [3.05, 3.63) is 71.4 Å². The van der Waals surface area contributed by atoms with Gasteiger partial charge in [0, 0.05) is 29.2 Å². The second kappa shape index (κ2) is 6.51. The quantitative estimate of drug-likeness (QED) is 0.596. The molecule has 0 aliphatic carbocycles. The minimum absolute atomic E-state index is 0.627. The maximum atomic E-state index is 12.5. The van der Waals surface area contributed by atoms with Crippen LogP contribution in [0.3, 0.4) is 0 Å². The van der Waals surface area contributed by atoms with Crippen molar-refractivity contribution >= 4 is 17.2 Å². The summed E-state index contributed by atoms with van der Waals surface area (Å²) in [5.74, 6) is 0. The van der Waals surface area contributed by atoms with Crippen LogP contribution in [0.15, 0.2) is 54.7 Å². The highest BCUT2D eigenvalue weighted by atomic mass is 19.4. The number of aryl methyl sites for hydroxylation is 2. The van der Waals surface area contributed by atoms with Crippen LogP contribution >= 0.6 is 0 Å². The van der Waals surface area contributed by atoms with E-state index in [0.717, 1.165) is 41.3 Å². The zero-order valence-electron chi connectivity index (χ0n) is 12.9. The van der Waals surface area contributed by atoms with E-state index < -0.39 is 11.7 Å². The van der Waals surface area contributed by atoms with E-state index in [1.807, 2.05) is 35.0 Å². The lowest BCUT2D eigenvalue weighted by molar-refractivity contribution is -0.137. The van der Waals surface area contributed by atoms with E-state index in [2.05, 4.69) is 0 Å². The van der Waals surface area contributed by atoms with Crippen LogP contribution in [0.1, 0.15) is 27.9 Å². The number of rotatable bonds is 5. The Morgan fingerprint density at radius 1 is 1.00 bits per heavy atom. The third kappa shape index (κ3) is 3.35. The summed E-state index contributed by atoms with van der Waals surface area (Å²) in [6.07, 6.45) is -0.170. The monoisotopic (exact) mass is 331 g/mol. The number of fused-ring (bicyclic) bond motifs is 1. The Morgan fingerprint density at radius 3 is 2.38 bits per heavy atom. The average molecular weight is 331 g/mol. The second-order valence-electron chi connectivity index (χ2n) is 5.71. The number of benzene rings is 2. The molecule has 3 aromatic rings. The number of aldehydes is 1. The fourth-order valence-corrected chi connectivity index (χ4v) is 2.87. The molecule has 0 spiro atoms. The zero-order valence-corrected chi connectivity index (χ0v) is 12.9. The Balaban J connectivity index is 1.68. The number of para-hydroxylation sites is 1. The Morgan fingerprint density at radius 2 is 1.71 bits per heavy atom. The van der Waals surface area contributed by atoms with Crippen molar-refractivity contribution in [3.63, 3.8) is 0 Å². The van der Waals surface area contributed by atoms with Gasteiger partial charge in [0.15, 0.2) is 6.29 Å². The maximum Gasteiger partial charge on any atom is 0.416 e. The van der Waals surface area contributed by atoms with Crippen LogP contribution in [0.2, 0.25) is 0 Å². The Labute approximate surface area is 137 Å². The van der Waals surface area contributed by atoms with Crippen LogP contribution in [0, 0.1) is 0 Å². The van der Waals surface area contributed by atoms with Gasteiger partial charge in [-0.05, 0) is 36.6 Å². The fraction of sp³-hybridized carbons (Fsp3) is 0.211. The van der Waals surface area contributed by atoms with E-state index in [9.17, 15) is 18.0 Å². The first kappa shape index (κ1) is 16.3. The van der Waals surface area contributed by atoms with Crippen molar-refractivity contribution in [2.24, 2.45) is 0 Å². The number of alkyl halides is 3. The molecule has 24 heavy (non-hydrogen) atoms. The number of hydrogen-bond donors (Lipinski definition) is 0. The first-order valence-electron chi connectivity index (χ1n) is 7.68. The van der Waals surface area contributed by atoms with Gasteiger partial charge in [0.25, 0.3) is 0 Å². The van der Waals surface area contributed by atoms with E-state index in [-0.39, 0.29) is 0 Å². The lowest BCUT2D eigenvalue weighted by Gasteiger charge is -2.08. The first-order chi connectivity index (χ1) is 11.5. The molecule has 2 aromatic carbocycles. The normalized spacial score (nSPS) is 11.8. The number of nitrogens with zero attached hydrogens (tertiary/aromatic N) is 1. The van der Waals surface area contributed by atoms with Crippen LogP contribution in [0.4, 0.5) is 13.2 Å².